The number of halogens is 4. The fourth-order valence-corrected chi connectivity index (χ4v) is 3.22. The minimum Gasteiger partial charge on any atom is -0.443 e. The highest BCUT2D eigenvalue weighted by atomic mass is 19.4. The van der Waals surface area contributed by atoms with Crippen molar-refractivity contribution in [1.29, 1.82) is 0 Å². The van der Waals surface area contributed by atoms with Crippen molar-refractivity contribution in [2.75, 3.05) is 18.0 Å². The van der Waals surface area contributed by atoms with Crippen LogP contribution in [-0.2, 0) is 11.3 Å². The molecule has 1 amide bonds. The van der Waals surface area contributed by atoms with Crippen molar-refractivity contribution in [2.24, 2.45) is 22.4 Å². The molecule has 1 aromatic carbocycles. The van der Waals surface area contributed by atoms with Crippen LogP contribution in [0.2, 0.25) is 0 Å². The molecule has 0 bridgehead atoms. The topological polar surface area (TPSA) is 120 Å². The molecule has 0 spiro atoms. The molecular weight excluding hydrogens is 420 g/mol. The molecule has 3 rings (SSSR count). The maximum absolute atomic E-state index is 14.8. The number of piperidine rings is 1. The van der Waals surface area contributed by atoms with Gasteiger partial charge in [0.1, 0.15) is 12.4 Å². The van der Waals surface area contributed by atoms with Gasteiger partial charge in [0, 0.05) is 42.2 Å². The number of nitrogens with two attached hydrogens (primary N) is 2. The Hall–Kier alpha value is -3.44. The number of ether oxygens (including phenoxy) is 1. The highest BCUT2D eigenvalue weighted by Gasteiger charge is 2.41. The third-order valence-corrected chi connectivity index (χ3v) is 4.84. The molecule has 1 aliphatic rings. The number of aliphatic imine (C=N–C) groups is 1. The van der Waals surface area contributed by atoms with Crippen molar-refractivity contribution in [1.82, 2.24) is 9.97 Å². The average molecular weight is 440 g/mol. The van der Waals surface area contributed by atoms with Crippen LogP contribution < -0.4 is 16.4 Å². The summed E-state index contributed by atoms with van der Waals surface area (Å²) in [4.78, 5) is 24.6. The van der Waals surface area contributed by atoms with Gasteiger partial charge < -0.3 is 21.1 Å². The minimum absolute atomic E-state index is 0.0240. The number of aromatic nitrogens is 2. The summed E-state index contributed by atoms with van der Waals surface area (Å²) in [5, 5.41) is 0. The molecule has 12 heteroatoms. The summed E-state index contributed by atoms with van der Waals surface area (Å²) in [5.74, 6) is -2.14. The van der Waals surface area contributed by atoms with Gasteiger partial charge in [0.2, 0.25) is 5.95 Å². The van der Waals surface area contributed by atoms with Crippen LogP contribution >= 0.6 is 0 Å². The summed E-state index contributed by atoms with van der Waals surface area (Å²) in [6.45, 7) is -0.00849. The number of rotatable bonds is 4. The smallest absolute Gasteiger partial charge is 0.437 e. The maximum atomic E-state index is 14.8. The van der Waals surface area contributed by atoms with Crippen LogP contribution in [0.1, 0.15) is 18.4 Å². The van der Waals surface area contributed by atoms with Crippen LogP contribution in [0.15, 0.2) is 35.6 Å². The van der Waals surface area contributed by atoms with Crippen LogP contribution in [0.5, 0.6) is 0 Å². The lowest BCUT2D eigenvalue weighted by molar-refractivity contribution is -0.179. The van der Waals surface area contributed by atoms with Crippen molar-refractivity contribution >= 4 is 18.0 Å². The predicted molar refractivity (Wildman–Crippen MR) is 104 cm³/mol. The Labute approximate surface area is 174 Å². The fraction of sp³-hybridized carbons (Fsp3) is 0.368. The van der Waals surface area contributed by atoms with Crippen molar-refractivity contribution in [3.05, 3.63) is 42.0 Å². The lowest BCUT2D eigenvalue weighted by Gasteiger charge is -2.32. The van der Waals surface area contributed by atoms with E-state index in [1.165, 1.54) is 24.5 Å². The number of carbonyl (C=O) groups excluding carboxylic acids is 1. The van der Waals surface area contributed by atoms with E-state index in [9.17, 15) is 22.4 Å². The molecule has 8 nitrogen and oxygen atoms in total. The largest absolute Gasteiger partial charge is 0.443 e. The van der Waals surface area contributed by atoms with Crippen LogP contribution in [0.25, 0.3) is 11.1 Å². The normalized spacial score (nSPS) is 14.9. The molecule has 1 aromatic heterocycles. The first-order chi connectivity index (χ1) is 14.6. The average Bonchev–Trinajstić information content (AvgIpc) is 2.72. The Morgan fingerprint density at radius 3 is 2.42 bits per heavy atom. The molecule has 0 radical (unpaired) electrons. The lowest BCUT2D eigenvalue weighted by atomic mass is 9.96. The number of anilines is 1. The molecular formula is C19H20F4N6O2. The molecule has 0 saturated carbocycles. The van der Waals surface area contributed by atoms with E-state index >= 15 is 0 Å². The van der Waals surface area contributed by atoms with Gasteiger partial charge >= 0.3 is 12.3 Å². The standard InChI is InChI=1S/C19H20F4N6O2/c20-15-11(10-31-18(30)28-16(24)25)2-1-3-14(15)12-8-26-17(27-9-12)29-6-4-13(5-7-29)19(21,22)23/h1-3,8-9,13H,4-7,10H2,(H4,24,25,28,30). The quantitative estimate of drug-likeness (QED) is 0.426. The molecule has 2 heterocycles. The van der Waals surface area contributed by atoms with Crippen molar-refractivity contribution in [3.63, 3.8) is 0 Å². The number of hydrogen-bond donors (Lipinski definition) is 2. The number of hydrogen-bond acceptors (Lipinski definition) is 5. The molecule has 2 aromatic rings. The van der Waals surface area contributed by atoms with Gasteiger partial charge in [-0.25, -0.2) is 19.2 Å². The lowest BCUT2D eigenvalue weighted by Crippen LogP contribution is -2.39. The number of amides is 1. The highest BCUT2D eigenvalue weighted by Crippen LogP contribution is 2.35. The first-order valence-electron chi connectivity index (χ1n) is 9.33. The summed E-state index contributed by atoms with van der Waals surface area (Å²) in [6.07, 6.45) is -2.51. The molecule has 0 aliphatic carbocycles. The number of carbonyl (C=O) groups is 1. The SMILES string of the molecule is NC(N)=NC(=O)OCc1cccc(-c2cnc(N3CCC(C(F)(F)F)CC3)nc2)c1F. The number of nitrogens with zero attached hydrogens (tertiary/aromatic N) is 4. The van der Waals surface area contributed by atoms with E-state index in [1.54, 1.807) is 11.0 Å². The summed E-state index contributed by atoms with van der Waals surface area (Å²) in [5.41, 5.74) is 10.8. The zero-order chi connectivity index (χ0) is 22.6. The Kier molecular flexibility index (Phi) is 6.56. The van der Waals surface area contributed by atoms with Gasteiger partial charge in [-0.3, -0.25) is 0 Å². The highest BCUT2D eigenvalue weighted by molar-refractivity contribution is 5.87. The molecule has 1 saturated heterocycles. The zero-order valence-corrected chi connectivity index (χ0v) is 16.3. The Balaban J connectivity index is 1.69. The maximum Gasteiger partial charge on any atom is 0.437 e. The second-order valence-electron chi connectivity index (χ2n) is 6.94. The Bertz CT molecular complexity index is 953. The number of guanidine groups is 1. The molecule has 0 atom stereocenters. The van der Waals surface area contributed by atoms with Gasteiger partial charge in [0.25, 0.3) is 0 Å². The van der Waals surface area contributed by atoms with Crippen LogP contribution in [0.3, 0.4) is 0 Å². The molecule has 0 unspecified atom stereocenters. The van der Waals surface area contributed by atoms with Gasteiger partial charge in [0.05, 0.1) is 5.92 Å². The van der Waals surface area contributed by atoms with Gasteiger partial charge in [-0.15, -0.1) is 4.99 Å². The van der Waals surface area contributed by atoms with Gasteiger partial charge in [-0.1, -0.05) is 18.2 Å². The van der Waals surface area contributed by atoms with Crippen LogP contribution in [0, 0.1) is 11.7 Å². The Morgan fingerprint density at radius 2 is 1.84 bits per heavy atom. The van der Waals surface area contributed by atoms with E-state index in [0.29, 0.717) is 5.56 Å². The zero-order valence-electron chi connectivity index (χ0n) is 16.3. The molecule has 166 valence electrons. The van der Waals surface area contributed by atoms with Crippen molar-refractivity contribution in [3.8, 4) is 11.1 Å². The summed E-state index contributed by atoms with van der Waals surface area (Å²) in [6, 6.07) is 4.50. The third kappa shape index (κ3) is 5.58. The predicted octanol–water partition coefficient (Wildman–Crippen LogP) is 2.97. The summed E-state index contributed by atoms with van der Waals surface area (Å²) < 4.78 is 58.0. The second-order valence-corrected chi connectivity index (χ2v) is 6.94. The van der Waals surface area contributed by atoms with E-state index in [4.69, 9.17) is 16.2 Å². The summed E-state index contributed by atoms with van der Waals surface area (Å²) >= 11 is 0. The van der Waals surface area contributed by atoms with Crippen LogP contribution in [0.4, 0.5) is 28.3 Å². The van der Waals surface area contributed by atoms with E-state index in [2.05, 4.69) is 15.0 Å². The molecule has 1 aliphatic heterocycles. The Morgan fingerprint density at radius 1 is 1.19 bits per heavy atom. The third-order valence-electron chi connectivity index (χ3n) is 4.84. The van der Waals surface area contributed by atoms with Gasteiger partial charge in [-0.05, 0) is 12.8 Å². The minimum atomic E-state index is -4.20. The second kappa shape index (κ2) is 9.14. The molecule has 31 heavy (non-hydrogen) atoms. The number of benzene rings is 1. The molecule has 4 N–H and O–H groups in total. The fourth-order valence-electron chi connectivity index (χ4n) is 3.22. The molecule has 1 fully saturated rings. The monoisotopic (exact) mass is 440 g/mol. The number of alkyl halides is 3. The first-order valence-corrected chi connectivity index (χ1v) is 9.33. The van der Waals surface area contributed by atoms with Crippen molar-refractivity contribution < 1.29 is 27.1 Å². The van der Waals surface area contributed by atoms with E-state index in [1.807, 2.05) is 0 Å². The summed E-state index contributed by atoms with van der Waals surface area (Å²) in [7, 11) is 0. The van der Waals surface area contributed by atoms with Gasteiger partial charge in [-0.2, -0.15) is 13.2 Å². The van der Waals surface area contributed by atoms with Crippen LogP contribution in [-0.4, -0.2) is 41.3 Å². The van der Waals surface area contributed by atoms with E-state index in [0.717, 1.165) is 0 Å². The van der Waals surface area contributed by atoms with Gasteiger partial charge in [0.15, 0.2) is 5.96 Å². The first kappa shape index (κ1) is 22.2. The van der Waals surface area contributed by atoms with E-state index in [-0.39, 0.29) is 49.6 Å². The van der Waals surface area contributed by atoms with Crippen molar-refractivity contribution in [2.45, 2.75) is 25.6 Å². The van der Waals surface area contributed by atoms with E-state index < -0.39 is 30.0 Å².